The van der Waals surface area contributed by atoms with Gasteiger partial charge in [-0.25, -0.2) is 8.78 Å². The molecular formula is C19H21F2N. The molecule has 3 rings (SSSR count). The van der Waals surface area contributed by atoms with Crippen molar-refractivity contribution in [2.24, 2.45) is 5.73 Å². The molecule has 22 heavy (non-hydrogen) atoms. The largest absolute Gasteiger partial charge is 0.328 e. The molecule has 0 heterocycles. The van der Waals surface area contributed by atoms with Crippen molar-refractivity contribution in [1.82, 2.24) is 0 Å². The zero-order valence-corrected chi connectivity index (χ0v) is 12.8. The summed E-state index contributed by atoms with van der Waals surface area (Å²) in [5.41, 5.74) is 8.57. The molecule has 0 unspecified atom stereocenters. The summed E-state index contributed by atoms with van der Waals surface area (Å²) < 4.78 is 27.8. The lowest BCUT2D eigenvalue weighted by molar-refractivity contribution is 0.395. The minimum absolute atomic E-state index is 0.320. The second-order valence-electron chi connectivity index (χ2n) is 6.29. The van der Waals surface area contributed by atoms with Crippen molar-refractivity contribution in [3.63, 3.8) is 0 Å². The molecule has 0 saturated heterocycles. The normalized spacial score (nSPS) is 21.8. The van der Waals surface area contributed by atoms with E-state index in [1.807, 2.05) is 24.3 Å². The van der Waals surface area contributed by atoms with Crippen LogP contribution in [0.4, 0.5) is 8.78 Å². The Labute approximate surface area is 130 Å². The predicted molar refractivity (Wildman–Crippen MR) is 85.7 cm³/mol. The first-order valence-electron chi connectivity index (χ1n) is 7.87. The average Bonchev–Trinajstić information content (AvgIpc) is 2.54. The Hall–Kier alpha value is -1.74. The van der Waals surface area contributed by atoms with Crippen molar-refractivity contribution < 1.29 is 8.78 Å². The van der Waals surface area contributed by atoms with Gasteiger partial charge in [0, 0.05) is 11.6 Å². The van der Waals surface area contributed by atoms with Crippen LogP contribution in [0.3, 0.4) is 0 Å². The molecule has 2 N–H and O–H groups in total. The van der Waals surface area contributed by atoms with Crippen molar-refractivity contribution in [3.8, 4) is 11.1 Å². The Balaban J connectivity index is 1.84. The van der Waals surface area contributed by atoms with Crippen LogP contribution in [0.2, 0.25) is 0 Å². The molecule has 0 atom stereocenters. The van der Waals surface area contributed by atoms with E-state index in [2.05, 4.69) is 0 Å². The second kappa shape index (κ2) is 6.17. The molecule has 0 spiro atoms. The summed E-state index contributed by atoms with van der Waals surface area (Å²) in [4.78, 5) is 0. The first-order chi connectivity index (χ1) is 10.6. The van der Waals surface area contributed by atoms with E-state index in [4.69, 9.17) is 5.73 Å². The van der Waals surface area contributed by atoms with Gasteiger partial charge < -0.3 is 5.73 Å². The first-order valence-corrected chi connectivity index (χ1v) is 7.87. The number of benzene rings is 2. The molecule has 0 aliphatic heterocycles. The molecule has 1 fully saturated rings. The Morgan fingerprint density at radius 1 is 0.864 bits per heavy atom. The molecule has 1 aliphatic rings. The number of rotatable bonds is 2. The van der Waals surface area contributed by atoms with Gasteiger partial charge in [-0.15, -0.1) is 0 Å². The zero-order chi connectivity index (χ0) is 15.7. The fourth-order valence-corrected chi connectivity index (χ4v) is 3.26. The van der Waals surface area contributed by atoms with E-state index in [1.54, 1.807) is 19.1 Å². The van der Waals surface area contributed by atoms with Gasteiger partial charge in [-0.3, -0.25) is 0 Å². The summed E-state index contributed by atoms with van der Waals surface area (Å²) in [5.74, 6) is -0.993. The maximum Gasteiger partial charge on any atom is 0.166 e. The van der Waals surface area contributed by atoms with Gasteiger partial charge in [0.2, 0.25) is 0 Å². The quantitative estimate of drug-likeness (QED) is 0.836. The van der Waals surface area contributed by atoms with E-state index >= 15 is 0 Å². The number of halogens is 2. The Kier molecular flexibility index (Phi) is 4.25. The van der Waals surface area contributed by atoms with Crippen molar-refractivity contribution >= 4 is 0 Å². The number of hydrogen-bond acceptors (Lipinski definition) is 1. The summed E-state index contributed by atoms with van der Waals surface area (Å²) >= 11 is 0. The van der Waals surface area contributed by atoms with Crippen molar-refractivity contribution in [2.75, 3.05) is 0 Å². The SMILES string of the molecule is Cc1ccc(-c2ccc(C3CCC(N)CC3)cc2)c(F)c1F. The average molecular weight is 301 g/mol. The third-order valence-corrected chi connectivity index (χ3v) is 4.74. The third kappa shape index (κ3) is 2.91. The van der Waals surface area contributed by atoms with E-state index < -0.39 is 11.6 Å². The van der Waals surface area contributed by atoms with E-state index in [-0.39, 0.29) is 0 Å². The van der Waals surface area contributed by atoms with Gasteiger partial charge >= 0.3 is 0 Å². The first kappa shape index (κ1) is 15.2. The fourth-order valence-electron chi connectivity index (χ4n) is 3.26. The van der Waals surface area contributed by atoms with Crippen LogP contribution in [0.25, 0.3) is 11.1 Å². The van der Waals surface area contributed by atoms with Gasteiger partial charge in [-0.1, -0.05) is 36.4 Å². The van der Waals surface area contributed by atoms with Crippen LogP contribution in [0.1, 0.15) is 42.7 Å². The molecular weight excluding hydrogens is 280 g/mol. The highest BCUT2D eigenvalue weighted by molar-refractivity contribution is 5.65. The number of nitrogens with two attached hydrogens (primary N) is 1. The van der Waals surface area contributed by atoms with E-state index in [0.29, 0.717) is 28.7 Å². The summed E-state index contributed by atoms with van der Waals surface area (Å²) in [5, 5.41) is 0. The summed E-state index contributed by atoms with van der Waals surface area (Å²) in [6, 6.07) is 11.4. The maximum atomic E-state index is 14.1. The number of hydrogen-bond donors (Lipinski definition) is 1. The number of aryl methyl sites for hydroxylation is 1. The zero-order valence-electron chi connectivity index (χ0n) is 12.8. The molecule has 1 aliphatic carbocycles. The molecule has 2 aromatic carbocycles. The van der Waals surface area contributed by atoms with E-state index in [1.165, 1.54) is 5.56 Å². The monoisotopic (exact) mass is 301 g/mol. The van der Waals surface area contributed by atoms with Gasteiger partial charge in [0.15, 0.2) is 11.6 Å². The fraction of sp³-hybridized carbons (Fsp3) is 0.368. The molecule has 0 radical (unpaired) electrons. The molecule has 0 amide bonds. The second-order valence-corrected chi connectivity index (χ2v) is 6.29. The predicted octanol–water partition coefficient (Wildman–Crippen LogP) is 4.93. The molecule has 3 heteroatoms. The molecule has 0 bridgehead atoms. The molecule has 1 saturated carbocycles. The van der Waals surface area contributed by atoms with Crippen LogP contribution in [-0.4, -0.2) is 6.04 Å². The lowest BCUT2D eigenvalue weighted by Crippen LogP contribution is -2.25. The van der Waals surface area contributed by atoms with Gasteiger partial charge in [-0.2, -0.15) is 0 Å². The van der Waals surface area contributed by atoms with Crippen LogP contribution in [0.15, 0.2) is 36.4 Å². The van der Waals surface area contributed by atoms with Crippen molar-refractivity contribution in [3.05, 3.63) is 59.2 Å². The van der Waals surface area contributed by atoms with Crippen molar-refractivity contribution in [1.29, 1.82) is 0 Å². The molecule has 1 nitrogen and oxygen atoms in total. The third-order valence-electron chi connectivity index (χ3n) is 4.74. The van der Waals surface area contributed by atoms with Gasteiger partial charge in [0.25, 0.3) is 0 Å². The van der Waals surface area contributed by atoms with E-state index in [0.717, 1.165) is 25.7 Å². The Bertz CT molecular complexity index is 656. The van der Waals surface area contributed by atoms with Crippen LogP contribution in [-0.2, 0) is 0 Å². The van der Waals surface area contributed by atoms with Gasteiger partial charge in [0.1, 0.15) is 0 Å². The maximum absolute atomic E-state index is 14.1. The Morgan fingerprint density at radius 3 is 2.14 bits per heavy atom. The van der Waals surface area contributed by atoms with Crippen molar-refractivity contribution in [2.45, 2.75) is 44.6 Å². The van der Waals surface area contributed by atoms with Crippen LogP contribution in [0.5, 0.6) is 0 Å². The lowest BCUT2D eigenvalue weighted by atomic mass is 9.82. The molecule has 116 valence electrons. The van der Waals surface area contributed by atoms with Crippen LogP contribution < -0.4 is 5.73 Å². The van der Waals surface area contributed by atoms with Gasteiger partial charge in [-0.05, 0) is 55.2 Å². The highest BCUT2D eigenvalue weighted by Crippen LogP contribution is 2.34. The highest BCUT2D eigenvalue weighted by Gasteiger charge is 2.20. The van der Waals surface area contributed by atoms with Gasteiger partial charge in [0.05, 0.1) is 0 Å². The summed E-state index contributed by atoms with van der Waals surface area (Å²) in [6.45, 7) is 1.57. The summed E-state index contributed by atoms with van der Waals surface area (Å²) in [7, 11) is 0. The minimum Gasteiger partial charge on any atom is -0.328 e. The topological polar surface area (TPSA) is 26.0 Å². The van der Waals surface area contributed by atoms with E-state index in [9.17, 15) is 8.78 Å². The van der Waals surface area contributed by atoms with Crippen LogP contribution in [0, 0.1) is 18.6 Å². The smallest absolute Gasteiger partial charge is 0.166 e. The lowest BCUT2D eigenvalue weighted by Gasteiger charge is -2.26. The highest BCUT2D eigenvalue weighted by atomic mass is 19.2. The standard InChI is InChI=1S/C19H21F2N/c1-12-2-11-17(19(21)18(12)20)15-5-3-13(4-6-15)14-7-9-16(22)10-8-14/h2-6,11,14,16H,7-10,22H2,1H3. The Morgan fingerprint density at radius 2 is 1.50 bits per heavy atom. The van der Waals surface area contributed by atoms with Crippen LogP contribution >= 0.6 is 0 Å². The molecule has 0 aromatic heterocycles. The molecule has 2 aromatic rings. The summed E-state index contributed by atoms with van der Waals surface area (Å²) in [6.07, 6.45) is 4.33. The minimum atomic E-state index is -0.767.